The Labute approximate surface area is 129 Å². The lowest BCUT2D eigenvalue weighted by molar-refractivity contribution is -0.130. The van der Waals surface area contributed by atoms with Crippen LogP contribution in [0.4, 0.5) is 8.78 Å². The molecule has 1 aliphatic heterocycles. The van der Waals surface area contributed by atoms with Crippen molar-refractivity contribution in [1.82, 2.24) is 0 Å². The topological polar surface area (TPSA) is 55.7 Å². The van der Waals surface area contributed by atoms with Crippen LogP contribution in [0, 0.1) is 11.6 Å². The standard InChI is InChI=1S/C17H9F2NO3/c18-12-7-6-11(8-13(12)19)15(21)9-14-17(22)23-16(20-14)10-4-2-1-3-5-10/h1-9H/b14-9-. The van der Waals surface area contributed by atoms with E-state index in [0.717, 1.165) is 24.3 Å². The summed E-state index contributed by atoms with van der Waals surface area (Å²) in [6, 6.07) is 11.4. The van der Waals surface area contributed by atoms with Crippen LogP contribution in [-0.2, 0) is 9.53 Å². The Balaban J connectivity index is 1.89. The molecule has 0 aliphatic carbocycles. The smallest absolute Gasteiger partial charge is 0.363 e. The predicted molar refractivity (Wildman–Crippen MR) is 77.8 cm³/mol. The Hall–Kier alpha value is -3.15. The zero-order valence-electron chi connectivity index (χ0n) is 11.6. The molecule has 0 atom stereocenters. The van der Waals surface area contributed by atoms with Gasteiger partial charge in [-0.2, -0.15) is 0 Å². The molecule has 2 aromatic carbocycles. The van der Waals surface area contributed by atoms with Gasteiger partial charge in [0, 0.05) is 17.2 Å². The molecule has 0 unspecified atom stereocenters. The van der Waals surface area contributed by atoms with Gasteiger partial charge in [0.1, 0.15) is 0 Å². The van der Waals surface area contributed by atoms with Crippen LogP contribution in [0.25, 0.3) is 0 Å². The molecular formula is C17H9F2NO3. The maximum Gasteiger partial charge on any atom is 0.363 e. The van der Waals surface area contributed by atoms with Crippen LogP contribution < -0.4 is 0 Å². The lowest BCUT2D eigenvalue weighted by Gasteiger charge is -1.97. The Kier molecular flexibility index (Phi) is 3.80. The molecule has 0 aromatic heterocycles. The minimum atomic E-state index is -1.14. The van der Waals surface area contributed by atoms with Crippen molar-refractivity contribution in [3.8, 4) is 0 Å². The van der Waals surface area contributed by atoms with Gasteiger partial charge in [0.2, 0.25) is 5.90 Å². The Morgan fingerprint density at radius 1 is 1.04 bits per heavy atom. The average Bonchev–Trinajstić information content (AvgIpc) is 2.92. The highest BCUT2D eigenvalue weighted by Gasteiger charge is 2.25. The quantitative estimate of drug-likeness (QED) is 0.497. The van der Waals surface area contributed by atoms with Gasteiger partial charge in [-0.05, 0) is 30.3 Å². The number of rotatable bonds is 3. The van der Waals surface area contributed by atoms with E-state index in [-0.39, 0.29) is 17.2 Å². The van der Waals surface area contributed by atoms with Gasteiger partial charge in [-0.3, -0.25) is 4.79 Å². The highest BCUT2D eigenvalue weighted by Crippen LogP contribution is 2.17. The number of halogens is 2. The number of nitrogens with zero attached hydrogens (tertiary/aromatic N) is 1. The molecule has 2 aromatic rings. The number of ether oxygens (including phenoxy) is 1. The van der Waals surface area contributed by atoms with E-state index < -0.39 is 23.4 Å². The summed E-state index contributed by atoms with van der Waals surface area (Å²) < 4.78 is 31.0. The molecule has 0 saturated carbocycles. The number of carbonyl (C=O) groups excluding carboxylic acids is 2. The molecule has 0 N–H and O–H groups in total. The van der Waals surface area contributed by atoms with E-state index in [9.17, 15) is 18.4 Å². The van der Waals surface area contributed by atoms with Gasteiger partial charge in [0.05, 0.1) is 0 Å². The summed E-state index contributed by atoms with van der Waals surface area (Å²) >= 11 is 0. The fourth-order valence-corrected chi connectivity index (χ4v) is 1.97. The number of ketones is 1. The van der Waals surface area contributed by atoms with Gasteiger partial charge < -0.3 is 4.74 Å². The van der Waals surface area contributed by atoms with E-state index in [0.29, 0.717) is 5.56 Å². The molecule has 3 rings (SSSR count). The molecule has 0 amide bonds. The third-order valence-corrected chi connectivity index (χ3v) is 3.11. The van der Waals surface area contributed by atoms with Crippen LogP contribution in [0.5, 0.6) is 0 Å². The third-order valence-electron chi connectivity index (χ3n) is 3.11. The fourth-order valence-electron chi connectivity index (χ4n) is 1.97. The number of hydrogen-bond acceptors (Lipinski definition) is 4. The maximum absolute atomic E-state index is 13.1. The summed E-state index contributed by atoms with van der Waals surface area (Å²) in [4.78, 5) is 27.7. The summed E-state index contributed by atoms with van der Waals surface area (Å²) in [5.74, 6) is -3.57. The number of esters is 1. The minimum absolute atomic E-state index is 0.0833. The van der Waals surface area contributed by atoms with Gasteiger partial charge in [0.15, 0.2) is 23.1 Å². The van der Waals surface area contributed by atoms with Crippen molar-refractivity contribution >= 4 is 17.7 Å². The molecule has 4 nitrogen and oxygen atoms in total. The zero-order valence-corrected chi connectivity index (χ0v) is 11.6. The van der Waals surface area contributed by atoms with Gasteiger partial charge in [0.25, 0.3) is 0 Å². The number of hydrogen-bond donors (Lipinski definition) is 0. The fraction of sp³-hybridized carbons (Fsp3) is 0. The van der Waals surface area contributed by atoms with E-state index in [1.165, 1.54) is 0 Å². The second kappa shape index (κ2) is 5.92. The Bertz CT molecular complexity index is 857. The molecule has 0 saturated heterocycles. The highest BCUT2D eigenvalue weighted by atomic mass is 19.2. The molecule has 23 heavy (non-hydrogen) atoms. The second-order valence-corrected chi connectivity index (χ2v) is 4.70. The molecular weight excluding hydrogens is 304 g/mol. The Morgan fingerprint density at radius 3 is 2.48 bits per heavy atom. The SMILES string of the molecule is O=C1OC(c2ccccc2)=N/C1=C\C(=O)c1ccc(F)c(F)c1. The third kappa shape index (κ3) is 3.06. The van der Waals surface area contributed by atoms with Crippen LogP contribution in [0.15, 0.2) is 65.3 Å². The first kappa shape index (κ1) is 14.8. The molecule has 6 heteroatoms. The summed E-state index contributed by atoms with van der Waals surface area (Å²) in [5.41, 5.74) is 0.302. The molecule has 114 valence electrons. The van der Waals surface area contributed by atoms with Crippen molar-refractivity contribution in [2.45, 2.75) is 0 Å². The number of allylic oxidation sites excluding steroid dienone is 1. The number of cyclic esters (lactones) is 1. The molecule has 1 aliphatic rings. The van der Waals surface area contributed by atoms with E-state index in [4.69, 9.17) is 4.74 Å². The van der Waals surface area contributed by atoms with E-state index in [1.807, 2.05) is 0 Å². The lowest BCUT2D eigenvalue weighted by Crippen LogP contribution is -2.06. The highest BCUT2D eigenvalue weighted by molar-refractivity contribution is 6.15. The minimum Gasteiger partial charge on any atom is -0.402 e. The number of carbonyl (C=O) groups is 2. The summed E-state index contributed by atoms with van der Waals surface area (Å²) in [7, 11) is 0. The van der Waals surface area contributed by atoms with E-state index >= 15 is 0 Å². The van der Waals surface area contributed by atoms with E-state index in [1.54, 1.807) is 30.3 Å². The van der Waals surface area contributed by atoms with Crippen LogP contribution in [0.3, 0.4) is 0 Å². The zero-order chi connectivity index (χ0) is 16.4. The molecule has 0 bridgehead atoms. The van der Waals surface area contributed by atoms with Crippen LogP contribution >= 0.6 is 0 Å². The number of aliphatic imine (C=N–C) groups is 1. The van der Waals surface area contributed by atoms with Gasteiger partial charge in [-0.1, -0.05) is 18.2 Å². The molecule has 0 radical (unpaired) electrons. The van der Waals surface area contributed by atoms with Crippen molar-refractivity contribution in [3.05, 3.63) is 83.1 Å². The van der Waals surface area contributed by atoms with Crippen molar-refractivity contribution in [1.29, 1.82) is 0 Å². The van der Waals surface area contributed by atoms with Crippen molar-refractivity contribution in [2.75, 3.05) is 0 Å². The van der Waals surface area contributed by atoms with Crippen molar-refractivity contribution in [2.24, 2.45) is 4.99 Å². The molecule has 0 fully saturated rings. The van der Waals surface area contributed by atoms with E-state index in [2.05, 4.69) is 4.99 Å². The van der Waals surface area contributed by atoms with Crippen LogP contribution in [0.1, 0.15) is 15.9 Å². The normalized spacial score (nSPS) is 15.5. The van der Waals surface area contributed by atoms with Gasteiger partial charge in [-0.15, -0.1) is 0 Å². The Morgan fingerprint density at radius 2 is 1.78 bits per heavy atom. The van der Waals surface area contributed by atoms with Gasteiger partial charge >= 0.3 is 5.97 Å². The summed E-state index contributed by atoms with van der Waals surface area (Å²) in [5, 5.41) is 0. The maximum atomic E-state index is 13.1. The monoisotopic (exact) mass is 313 g/mol. The van der Waals surface area contributed by atoms with Gasteiger partial charge in [-0.25, -0.2) is 18.6 Å². The van der Waals surface area contributed by atoms with Crippen molar-refractivity contribution < 1.29 is 23.1 Å². The molecule has 0 spiro atoms. The second-order valence-electron chi connectivity index (χ2n) is 4.70. The summed E-state index contributed by atoms with van der Waals surface area (Å²) in [6.45, 7) is 0. The first-order valence-electron chi connectivity index (χ1n) is 6.62. The average molecular weight is 313 g/mol. The van der Waals surface area contributed by atoms with Crippen LogP contribution in [-0.4, -0.2) is 17.7 Å². The lowest BCUT2D eigenvalue weighted by atomic mass is 10.1. The molecule has 1 heterocycles. The first-order valence-corrected chi connectivity index (χ1v) is 6.62. The first-order chi connectivity index (χ1) is 11.0. The number of benzene rings is 2. The predicted octanol–water partition coefficient (Wildman–Crippen LogP) is 3.04. The summed E-state index contributed by atoms with van der Waals surface area (Å²) in [6.07, 6.45) is 0.935. The van der Waals surface area contributed by atoms with Crippen LogP contribution in [0.2, 0.25) is 0 Å². The largest absolute Gasteiger partial charge is 0.402 e. The van der Waals surface area contributed by atoms with Crippen molar-refractivity contribution in [3.63, 3.8) is 0 Å².